The van der Waals surface area contributed by atoms with Gasteiger partial charge in [0.1, 0.15) is 11.4 Å². The molecule has 1 amide bonds. The normalized spacial score (nSPS) is 11.5. The van der Waals surface area contributed by atoms with Gasteiger partial charge in [0.05, 0.1) is 0 Å². The lowest BCUT2D eigenvalue weighted by Crippen LogP contribution is -2.18. The van der Waals surface area contributed by atoms with Gasteiger partial charge in [0.25, 0.3) is 18.8 Å². The lowest BCUT2D eigenvalue weighted by atomic mass is 10.3. The van der Waals surface area contributed by atoms with Crippen LogP contribution in [0.2, 0.25) is 0 Å². The van der Waals surface area contributed by atoms with Crippen LogP contribution in [0, 0.1) is 0 Å². The van der Waals surface area contributed by atoms with E-state index in [9.17, 15) is 22.4 Å². The highest BCUT2D eigenvalue weighted by Crippen LogP contribution is 2.25. The van der Waals surface area contributed by atoms with Crippen molar-refractivity contribution >= 4 is 11.6 Å². The molecule has 0 atom stereocenters. The molecule has 2 heterocycles. The number of aromatic nitrogens is 3. The molecule has 2 aromatic rings. The second kappa shape index (κ2) is 4.82. The van der Waals surface area contributed by atoms with E-state index in [1.807, 2.05) is 0 Å². The Kier molecular flexibility index (Phi) is 3.36. The van der Waals surface area contributed by atoms with Gasteiger partial charge in [0.15, 0.2) is 11.3 Å². The minimum absolute atomic E-state index is 0.177. The first kappa shape index (κ1) is 13.2. The zero-order chi connectivity index (χ0) is 14.2. The second-order valence-corrected chi connectivity index (χ2v) is 3.59. The van der Waals surface area contributed by atoms with Crippen molar-refractivity contribution in [1.82, 2.24) is 19.9 Å². The van der Waals surface area contributed by atoms with Crippen LogP contribution in [0.1, 0.15) is 34.7 Å². The van der Waals surface area contributed by atoms with Gasteiger partial charge in [-0.05, 0) is 6.07 Å². The van der Waals surface area contributed by atoms with Gasteiger partial charge >= 0.3 is 0 Å². The number of hydrogen-bond donors (Lipinski definition) is 1. The quantitative estimate of drug-likeness (QED) is 0.872. The SMILES string of the molecule is CNC(=O)c1cc2nc(C(F)F)cc(C(F)F)n2n1. The highest BCUT2D eigenvalue weighted by molar-refractivity contribution is 5.93. The monoisotopic (exact) mass is 276 g/mol. The molecule has 2 aromatic heterocycles. The number of fused-ring (bicyclic) bond motifs is 1. The van der Waals surface area contributed by atoms with Gasteiger partial charge in [-0.3, -0.25) is 4.79 Å². The molecular formula is C10H8F4N4O. The van der Waals surface area contributed by atoms with Crippen LogP contribution in [0.4, 0.5) is 17.6 Å². The fraction of sp³-hybridized carbons (Fsp3) is 0.300. The molecule has 19 heavy (non-hydrogen) atoms. The Hall–Kier alpha value is -2.19. The summed E-state index contributed by atoms with van der Waals surface area (Å²) in [6, 6.07) is 1.64. The van der Waals surface area contributed by atoms with Crippen molar-refractivity contribution in [3.05, 3.63) is 29.2 Å². The topological polar surface area (TPSA) is 59.3 Å². The molecule has 0 fully saturated rings. The van der Waals surface area contributed by atoms with Gasteiger partial charge in [0.2, 0.25) is 0 Å². The molecule has 2 rings (SSSR count). The molecule has 9 heteroatoms. The number of amides is 1. The van der Waals surface area contributed by atoms with Crippen molar-refractivity contribution in [3.8, 4) is 0 Å². The van der Waals surface area contributed by atoms with Crippen LogP contribution < -0.4 is 5.32 Å². The number of alkyl halides is 4. The zero-order valence-corrected chi connectivity index (χ0v) is 9.57. The number of carbonyl (C=O) groups is 1. The molecule has 0 saturated carbocycles. The number of nitrogens with zero attached hydrogens (tertiary/aromatic N) is 3. The molecule has 5 nitrogen and oxygen atoms in total. The average molecular weight is 276 g/mol. The highest BCUT2D eigenvalue weighted by atomic mass is 19.3. The Balaban J connectivity index is 2.68. The molecule has 0 spiro atoms. The lowest BCUT2D eigenvalue weighted by molar-refractivity contribution is 0.0956. The minimum atomic E-state index is -3.01. The maximum atomic E-state index is 12.8. The Morgan fingerprint density at radius 2 is 1.95 bits per heavy atom. The predicted molar refractivity (Wildman–Crippen MR) is 56.3 cm³/mol. The van der Waals surface area contributed by atoms with E-state index in [1.165, 1.54) is 7.05 Å². The van der Waals surface area contributed by atoms with Crippen molar-refractivity contribution < 1.29 is 22.4 Å². The van der Waals surface area contributed by atoms with Crippen LogP contribution in [0.25, 0.3) is 5.65 Å². The Labute approximate surface area is 104 Å². The van der Waals surface area contributed by atoms with Gasteiger partial charge in [-0.2, -0.15) is 5.10 Å². The summed E-state index contributed by atoms with van der Waals surface area (Å²) in [6.45, 7) is 0. The summed E-state index contributed by atoms with van der Waals surface area (Å²) < 4.78 is 51.4. The van der Waals surface area contributed by atoms with Gasteiger partial charge in [-0.1, -0.05) is 0 Å². The van der Waals surface area contributed by atoms with Crippen LogP contribution in [0.3, 0.4) is 0 Å². The van der Waals surface area contributed by atoms with Crippen LogP contribution in [-0.4, -0.2) is 27.6 Å². The molecule has 0 bridgehead atoms. The maximum Gasteiger partial charge on any atom is 0.280 e. The Bertz CT molecular complexity index is 625. The summed E-state index contributed by atoms with van der Waals surface area (Å²) in [5, 5.41) is 5.87. The largest absolute Gasteiger partial charge is 0.354 e. The summed E-state index contributed by atoms with van der Waals surface area (Å²) in [5.74, 6) is -0.621. The van der Waals surface area contributed by atoms with Gasteiger partial charge in [0, 0.05) is 13.1 Å². The Morgan fingerprint density at radius 3 is 2.47 bits per heavy atom. The van der Waals surface area contributed by atoms with E-state index in [0.29, 0.717) is 10.6 Å². The number of carbonyl (C=O) groups excluding carboxylic acids is 1. The zero-order valence-electron chi connectivity index (χ0n) is 9.57. The van der Waals surface area contributed by atoms with Crippen molar-refractivity contribution in [2.75, 3.05) is 7.05 Å². The summed E-state index contributed by atoms with van der Waals surface area (Å²) >= 11 is 0. The third-order valence-corrected chi connectivity index (χ3v) is 2.38. The maximum absolute atomic E-state index is 12.8. The van der Waals surface area contributed by atoms with Crippen LogP contribution in [-0.2, 0) is 0 Å². The predicted octanol–water partition coefficient (Wildman–Crippen LogP) is 1.96. The third kappa shape index (κ3) is 2.35. The Morgan fingerprint density at radius 1 is 1.26 bits per heavy atom. The van der Waals surface area contributed by atoms with E-state index in [0.717, 1.165) is 6.07 Å². The van der Waals surface area contributed by atoms with E-state index in [1.54, 1.807) is 0 Å². The van der Waals surface area contributed by atoms with Crippen LogP contribution in [0.15, 0.2) is 12.1 Å². The van der Waals surface area contributed by atoms with Crippen LogP contribution >= 0.6 is 0 Å². The third-order valence-electron chi connectivity index (χ3n) is 2.38. The first-order chi connectivity index (χ1) is 8.93. The summed E-state index contributed by atoms with van der Waals surface area (Å²) in [7, 11) is 1.33. The number of rotatable bonds is 3. The standard InChI is InChI=1S/C10H8F4N4O/c1-15-10(19)5-3-7-16-4(8(11)12)2-6(9(13)14)18(7)17-5/h2-3,8-9H,1H3,(H,15,19). The number of nitrogens with one attached hydrogen (secondary N) is 1. The van der Waals surface area contributed by atoms with Crippen molar-refractivity contribution in [2.45, 2.75) is 12.9 Å². The summed E-state index contributed by atoms with van der Waals surface area (Å²) in [4.78, 5) is 14.8. The molecule has 1 N–H and O–H groups in total. The van der Waals surface area contributed by atoms with Crippen molar-refractivity contribution in [2.24, 2.45) is 0 Å². The van der Waals surface area contributed by atoms with Crippen LogP contribution in [0.5, 0.6) is 0 Å². The first-order valence-corrected chi connectivity index (χ1v) is 5.13. The van der Waals surface area contributed by atoms with E-state index < -0.39 is 30.1 Å². The average Bonchev–Trinajstić information content (AvgIpc) is 2.79. The van der Waals surface area contributed by atoms with E-state index in [4.69, 9.17) is 0 Å². The lowest BCUT2D eigenvalue weighted by Gasteiger charge is -2.06. The van der Waals surface area contributed by atoms with Gasteiger partial charge < -0.3 is 5.32 Å². The summed E-state index contributed by atoms with van der Waals surface area (Å²) in [5.41, 5.74) is -1.93. The van der Waals surface area contributed by atoms with E-state index in [-0.39, 0.29) is 11.3 Å². The van der Waals surface area contributed by atoms with Gasteiger partial charge in [-0.15, -0.1) is 0 Å². The molecule has 0 unspecified atom stereocenters. The van der Waals surface area contributed by atoms with Crippen molar-refractivity contribution in [1.29, 1.82) is 0 Å². The number of hydrogen-bond acceptors (Lipinski definition) is 3. The van der Waals surface area contributed by atoms with Gasteiger partial charge in [-0.25, -0.2) is 27.1 Å². The summed E-state index contributed by atoms with van der Waals surface area (Å²) in [6.07, 6.45) is -6.00. The molecule has 0 aliphatic rings. The van der Waals surface area contributed by atoms with E-state index >= 15 is 0 Å². The molecular weight excluding hydrogens is 268 g/mol. The molecule has 102 valence electrons. The molecule has 0 aliphatic heterocycles. The van der Waals surface area contributed by atoms with Crippen molar-refractivity contribution in [3.63, 3.8) is 0 Å². The molecule has 0 saturated heterocycles. The molecule has 0 aromatic carbocycles. The highest BCUT2D eigenvalue weighted by Gasteiger charge is 2.21. The fourth-order valence-corrected chi connectivity index (χ4v) is 1.52. The molecule has 0 aliphatic carbocycles. The molecule has 0 radical (unpaired) electrons. The minimum Gasteiger partial charge on any atom is -0.354 e. The smallest absolute Gasteiger partial charge is 0.280 e. The number of halogens is 4. The fourth-order valence-electron chi connectivity index (χ4n) is 1.52. The first-order valence-electron chi connectivity index (χ1n) is 5.13. The second-order valence-electron chi connectivity index (χ2n) is 3.59. The van der Waals surface area contributed by atoms with E-state index in [2.05, 4.69) is 15.4 Å².